The van der Waals surface area contributed by atoms with Gasteiger partial charge in [-0.25, -0.2) is 19.4 Å². The molecule has 1 amide bonds. The van der Waals surface area contributed by atoms with Crippen LogP contribution in [0.25, 0.3) is 16.6 Å². The van der Waals surface area contributed by atoms with Gasteiger partial charge in [0.25, 0.3) is 0 Å². The molecule has 5 rings (SSSR count). The number of pyridine rings is 2. The minimum Gasteiger partial charge on any atom is -0.465 e. The van der Waals surface area contributed by atoms with Crippen molar-refractivity contribution in [2.45, 2.75) is 6.92 Å². The summed E-state index contributed by atoms with van der Waals surface area (Å²) in [5.41, 5.74) is 2.97. The summed E-state index contributed by atoms with van der Waals surface area (Å²) >= 11 is 0. The van der Waals surface area contributed by atoms with Crippen molar-refractivity contribution in [1.82, 2.24) is 24.6 Å². The fourth-order valence-electron chi connectivity index (χ4n) is 3.92. The van der Waals surface area contributed by atoms with Gasteiger partial charge < -0.3 is 20.2 Å². The van der Waals surface area contributed by atoms with Crippen molar-refractivity contribution >= 4 is 34.4 Å². The summed E-state index contributed by atoms with van der Waals surface area (Å²) < 4.78 is 1.89. The molecule has 32 heavy (non-hydrogen) atoms. The third kappa shape index (κ3) is 3.80. The number of aryl methyl sites for hydroxylation is 1. The summed E-state index contributed by atoms with van der Waals surface area (Å²) in [4.78, 5) is 23.6. The summed E-state index contributed by atoms with van der Waals surface area (Å²) in [6, 6.07) is 15.9. The normalized spacial score (nSPS) is 14.0. The summed E-state index contributed by atoms with van der Waals surface area (Å²) in [5.74, 6) is 2.28. The van der Waals surface area contributed by atoms with Crippen LogP contribution in [-0.4, -0.2) is 62.0 Å². The summed E-state index contributed by atoms with van der Waals surface area (Å²) in [6.45, 7) is 4.16. The van der Waals surface area contributed by atoms with Crippen molar-refractivity contribution in [1.29, 1.82) is 0 Å². The SMILES string of the molecule is Cc1ccnc(Nc2nn(-c3ccnc(N4CCN(C(=O)O)CC4)c3)c3ccccc23)c1. The second-order valence-corrected chi connectivity index (χ2v) is 7.75. The number of rotatable bonds is 4. The fourth-order valence-corrected chi connectivity index (χ4v) is 3.92. The lowest BCUT2D eigenvalue weighted by atomic mass is 10.2. The Kier molecular flexibility index (Phi) is 5.06. The van der Waals surface area contributed by atoms with Gasteiger partial charge in [0.05, 0.1) is 11.2 Å². The zero-order chi connectivity index (χ0) is 22.1. The number of anilines is 3. The molecule has 9 heteroatoms. The Bertz CT molecular complexity index is 1280. The Balaban J connectivity index is 1.48. The lowest BCUT2D eigenvalue weighted by molar-refractivity contribution is 0.142. The van der Waals surface area contributed by atoms with E-state index in [0.717, 1.165) is 39.6 Å². The van der Waals surface area contributed by atoms with Gasteiger partial charge in [0.1, 0.15) is 11.6 Å². The van der Waals surface area contributed by atoms with E-state index in [1.807, 2.05) is 60.1 Å². The number of aromatic nitrogens is 4. The van der Waals surface area contributed by atoms with Gasteiger partial charge in [-0.15, -0.1) is 5.10 Å². The van der Waals surface area contributed by atoms with E-state index in [1.165, 1.54) is 4.90 Å². The first kappa shape index (κ1) is 19.8. The molecule has 9 nitrogen and oxygen atoms in total. The third-order valence-electron chi connectivity index (χ3n) is 5.60. The van der Waals surface area contributed by atoms with Gasteiger partial charge in [0.2, 0.25) is 0 Å². The second kappa shape index (κ2) is 8.18. The van der Waals surface area contributed by atoms with Crippen molar-refractivity contribution < 1.29 is 9.90 Å². The maximum Gasteiger partial charge on any atom is 0.407 e. The molecule has 4 aromatic rings. The maximum absolute atomic E-state index is 11.2. The summed E-state index contributed by atoms with van der Waals surface area (Å²) in [6.07, 6.45) is 2.66. The second-order valence-electron chi connectivity index (χ2n) is 7.75. The Morgan fingerprint density at radius 1 is 1.00 bits per heavy atom. The highest BCUT2D eigenvalue weighted by molar-refractivity contribution is 5.92. The first-order valence-electron chi connectivity index (χ1n) is 10.5. The molecule has 0 radical (unpaired) electrons. The van der Waals surface area contributed by atoms with Crippen LogP contribution in [0, 0.1) is 6.92 Å². The molecular weight excluding hydrogens is 406 g/mol. The largest absolute Gasteiger partial charge is 0.465 e. The third-order valence-corrected chi connectivity index (χ3v) is 5.60. The molecule has 1 aromatic carbocycles. The van der Waals surface area contributed by atoms with Gasteiger partial charge in [0.15, 0.2) is 5.82 Å². The smallest absolute Gasteiger partial charge is 0.407 e. The zero-order valence-electron chi connectivity index (χ0n) is 17.6. The number of carboxylic acid groups (broad SMARTS) is 1. The number of fused-ring (bicyclic) bond motifs is 1. The standard InChI is InChI=1S/C23H23N7O2/c1-16-6-8-24-20(14-16)26-22-18-4-2-3-5-19(18)30(27-22)17-7-9-25-21(15-17)28-10-12-29(13-11-28)23(31)32/h2-9,14-15H,10-13H2,1H3,(H,31,32)(H,24,26,27). The number of nitrogens with zero attached hydrogens (tertiary/aromatic N) is 6. The van der Waals surface area contributed by atoms with Crippen LogP contribution in [0.3, 0.4) is 0 Å². The lowest BCUT2D eigenvalue weighted by Gasteiger charge is -2.33. The monoisotopic (exact) mass is 429 g/mol. The zero-order valence-corrected chi connectivity index (χ0v) is 17.6. The van der Waals surface area contributed by atoms with E-state index < -0.39 is 6.09 Å². The number of benzene rings is 1. The molecule has 0 saturated carbocycles. The molecular formula is C23H23N7O2. The van der Waals surface area contributed by atoms with Crippen molar-refractivity contribution in [3.8, 4) is 5.69 Å². The molecule has 0 atom stereocenters. The van der Waals surface area contributed by atoms with Crippen molar-refractivity contribution in [3.05, 3.63) is 66.5 Å². The van der Waals surface area contributed by atoms with E-state index in [9.17, 15) is 9.90 Å². The molecule has 162 valence electrons. The number of carbonyl (C=O) groups is 1. The van der Waals surface area contributed by atoms with Gasteiger partial charge in [-0.2, -0.15) is 0 Å². The van der Waals surface area contributed by atoms with Crippen LogP contribution >= 0.6 is 0 Å². The van der Waals surface area contributed by atoms with E-state index >= 15 is 0 Å². The molecule has 4 heterocycles. The van der Waals surface area contributed by atoms with Gasteiger partial charge in [0, 0.05) is 50.0 Å². The molecule has 1 aliphatic rings. The van der Waals surface area contributed by atoms with Crippen molar-refractivity contribution in [2.75, 3.05) is 36.4 Å². The van der Waals surface area contributed by atoms with E-state index in [1.54, 1.807) is 12.4 Å². The van der Waals surface area contributed by atoms with Gasteiger partial charge in [-0.05, 0) is 42.8 Å². The molecule has 1 fully saturated rings. The number of hydrogen-bond acceptors (Lipinski definition) is 6. The minimum absolute atomic E-state index is 0.462. The molecule has 2 N–H and O–H groups in total. The van der Waals surface area contributed by atoms with Crippen LogP contribution in [0.5, 0.6) is 0 Å². The molecule has 0 bridgehead atoms. The number of piperazine rings is 1. The summed E-state index contributed by atoms with van der Waals surface area (Å²) in [5, 5.41) is 18.4. The molecule has 1 aliphatic heterocycles. The molecule has 1 saturated heterocycles. The van der Waals surface area contributed by atoms with Crippen LogP contribution in [0.2, 0.25) is 0 Å². The number of para-hydroxylation sites is 1. The van der Waals surface area contributed by atoms with Gasteiger partial charge >= 0.3 is 6.09 Å². The van der Waals surface area contributed by atoms with Crippen LogP contribution in [0.15, 0.2) is 60.9 Å². The molecule has 0 aliphatic carbocycles. The number of hydrogen-bond donors (Lipinski definition) is 2. The Morgan fingerprint density at radius 3 is 2.56 bits per heavy atom. The first-order chi connectivity index (χ1) is 15.6. The average Bonchev–Trinajstić information content (AvgIpc) is 3.18. The quantitative estimate of drug-likeness (QED) is 0.511. The van der Waals surface area contributed by atoms with Crippen molar-refractivity contribution in [2.24, 2.45) is 0 Å². The van der Waals surface area contributed by atoms with E-state index in [-0.39, 0.29) is 0 Å². The minimum atomic E-state index is -0.877. The van der Waals surface area contributed by atoms with E-state index in [0.29, 0.717) is 26.2 Å². The Hall–Kier alpha value is -4.14. The van der Waals surface area contributed by atoms with Crippen LogP contribution in [0.1, 0.15) is 5.56 Å². The Labute approximate surface area is 184 Å². The topological polar surface area (TPSA) is 99.4 Å². The molecule has 0 unspecified atom stereocenters. The number of nitrogens with one attached hydrogen (secondary N) is 1. The van der Waals surface area contributed by atoms with Crippen molar-refractivity contribution in [3.63, 3.8) is 0 Å². The van der Waals surface area contributed by atoms with Crippen LogP contribution in [-0.2, 0) is 0 Å². The van der Waals surface area contributed by atoms with Crippen LogP contribution < -0.4 is 10.2 Å². The predicted molar refractivity (Wildman–Crippen MR) is 123 cm³/mol. The molecule has 0 spiro atoms. The molecule has 3 aromatic heterocycles. The lowest BCUT2D eigenvalue weighted by Crippen LogP contribution is -2.48. The highest BCUT2D eigenvalue weighted by atomic mass is 16.4. The van der Waals surface area contributed by atoms with Gasteiger partial charge in [-0.1, -0.05) is 12.1 Å². The number of amides is 1. The van der Waals surface area contributed by atoms with Gasteiger partial charge in [-0.3, -0.25) is 0 Å². The van der Waals surface area contributed by atoms with E-state index in [4.69, 9.17) is 5.10 Å². The van der Waals surface area contributed by atoms with E-state index in [2.05, 4.69) is 20.2 Å². The maximum atomic E-state index is 11.2. The average molecular weight is 429 g/mol. The fraction of sp³-hybridized carbons (Fsp3) is 0.217. The van der Waals surface area contributed by atoms with Crippen LogP contribution in [0.4, 0.5) is 22.2 Å². The first-order valence-corrected chi connectivity index (χ1v) is 10.5. The Morgan fingerprint density at radius 2 is 1.78 bits per heavy atom. The highest BCUT2D eigenvalue weighted by Crippen LogP contribution is 2.28. The predicted octanol–water partition coefficient (Wildman–Crippen LogP) is 3.67. The summed E-state index contributed by atoms with van der Waals surface area (Å²) in [7, 11) is 0. The highest BCUT2D eigenvalue weighted by Gasteiger charge is 2.22.